The van der Waals surface area contributed by atoms with Crippen molar-refractivity contribution in [3.63, 3.8) is 0 Å². The fraction of sp³-hybridized carbons (Fsp3) is 0.750. The Morgan fingerprint density at radius 1 is 1.88 bits per heavy atom. The van der Waals surface area contributed by atoms with E-state index in [0.29, 0.717) is 0 Å². The summed E-state index contributed by atoms with van der Waals surface area (Å²) in [5.41, 5.74) is 0. The van der Waals surface area contributed by atoms with Crippen LogP contribution in [0.2, 0.25) is 0 Å². The average Bonchev–Trinajstić information content (AvgIpc) is 1.27. The number of carbonyl (C=O) groups is 1. The van der Waals surface area contributed by atoms with Gasteiger partial charge in [0.05, 0.1) is 6.10 Å². The standard InChI is InChI=1S/C4H8O3.H3N/c1-3(5)2-4(6)7;/h3,5H,2H2,1H3,(H,6,7);1H3. The number of aliphatic hydroxyl groups is 1. The zero-order valence-electron chi connectivity index (χ0n) is 5.05. The van der Waals surface area contributed by atoms with E-state index in [1.165, 1.54) is 6.92 Å². The Morgan fingerprint density at radius 2 is 2.25 bits per heavy atom. The van der Waals surface area contributed by atoms with Crippen molar-refractivity contribution in [2.75, 3.05) is 0 Å². The third-order valence-electron chi connectivity index (χ3n) is 0.462. The molecule has 0 amide bonds. The lowest BCUT2D eigenvalue weighted by atomic mass is 10.3. The molecular formula is C4H11NO3. The molecule has 0 heterocycles. The Morgan fingerprint density at radius 3 is 2.25 bits per heavy atom. The highest BCUT2D eigenvalue weighted by atomic mass is 16.4. The van der Waals surface area contributed by atoms with E-state index in [1.54, 1.807) is 0 Å². The van der Waals surface area contributed by atoms with E-state index in [-0.39, 0.29) is 12.6 Å². The summed E-state index contributed by atoms with van der Waals surface area (Å²) in [5, 5.41) is 17.8. The highest BCUT2D eigenvalue weighted by molar-refractivity contribution is 5.64. The average molecular weight is 121 g/mol. The first-order valence-electron chi connectivity index (χ1n) is 2.01. The van der Waals surface area contributed by atoms with E-state index in [9.17, 15) is 9.90 Å². The van der Waals surface area contributed by atoms with Crippen LogP contribution in [0.4, 0.5) is 0 Å². The van der Waals surface area contributed by atoms with Gasteiger partial charge in [0, 0.05) is 12.4 Å². The smallest absolute Gasteiger partial charge is 0.0564 e. The van der Waals surface area contributed by atoms with Gasteiger partial charge in [0.1, 0.15) is 0 Å². The molecule has 0 fully saturated rings. The van der Waals surface area contributed by atoms with Gasteiger partial charge in [-0.3, -0.25) is 0 Å². The highest BCUT2D eigenvalue weighted by Gasteiger charge is 1.91. The van der Waals surface area contributed by atoms with Crippen molar-refractivity contribution in [3.8, 4) is 0 Å². The second-order valence-corrected chi connectivity index (χ2v) is 1.43. The van der Waals surface area contributed by atoms with Crippen LogP contribution in [0.25, 0.3) is 0 Å². The maximum absolute atomic E-state index is 9.54. The van der Waals surface area contributed by atoms with Gasteiger partial charge in [-0.15, -0.1) is 0 Å². The van der Waals surface area contributed by atoms with Crippen LogP contribution in [0.1, 0.15) is 13.3 Å². The minimum absolute atomic E-state index is 0. The molecule has 0 rings (SSSR count). The maximum Gasteiger partial charge on any atom is 0.0564 e. The minimum Gasteiger partial charge on any atom is -0.550 e. The monoisotopic (exact) mass is 121 g/mol. The van der Waals surface area contributed by atoms with Crippen molar-refractivity contribution in [3.05, 3.63) is 0 Å². The number of carboxylic acids is 1. The molecule has 0 saturated heterocycles. The molecule has 0 spiro atoms. The molecule has 0 aliphatic heterocycles. The van der Waals surface area contributed by atoms with Crippen molar-refractivity contribution in [1.29, 1.82) is 0 Å². The fourth-order valence-electron chi connectivity index (χ4n) is 0.241. The molecule has 0 aromatic rings. The van der Waals surface area contributed by atoms with Gasteiger partial charge in [-0.2, -0.15) is 0 Å². The number of carbonyl (C=O) groups excluding carboxylic acids is 1. The van der Waals surface area contributed by atoms with Gasteiger partial charge in [-0.05, 0) is 6.92 Å². The molecule has 0 bridgehead atoms. The zero-order chi connectivity index (χ0) is 5.86. The molecule has 0 aliphatic carbocycles. The van der Waals surface area contributed by atoms with E-state index < -0.39 is 12.1 Å². The van der Waals surface area contributed by atoms with Crippen molar-refractivity contribution in [2.24, 2.45) is 0 Å². The maximum atomic E-state index is 9.54. The van der Waals surface area contributed by atoms with E-state index in [1.807, 2.05) is 0 Å². The summed E-state index contributed by atoms with van der Waals surface area (Å²) in [4.78, 5) is 9.54. The lowest BCUT2D eigenvalue weighted by Gasteiger charge is -2.01. The van der Waals surface area contributed by atoms with Crippen LogP contribution in [0.3, 0.4) is 0 Å². The van der Waals surface area contributed by atoms with Crippen LogP contribution >= 0.6 is 0 Å². The van der Waals surface area contributed by atoms with Gasteiger partial charge >= 0.3 is 0 Å². The van der Waals surface area contributed by atoms with Gasteiger partial charge in [0.25, 0.3) is 0 Å². The Hall–Kier alpha value is -0.610. The van der Waals surface area contributed by atoms with Gasteiger partial charge < -0.3 is 21.2 Å². The second-order valence-electron chi connectivity index (χ2n) is 1.43. The summed E-state index contributed by atoms with van der Waals surface area (Å²) in [7, 11) is 0. The fourth-order valence-corrected chi connectivity index (χ4v) is 0.241. The Kier molecular flexibility index (Phi) is 5.90. The molecule has 4 nitrogen and oxygen atoms in total. The summed E-state index contributed by atoms with van der Waals surface area (Å²) >= 11 is 0. The quantitative estimate of drug-likeness (QED) is 0.484. The molecule has 1 unspecified atom stereocenters. The highest BCUT2D eigenvalue weighted by Crippen LogP contribution is 1.83. The number of quaternary nitrogens is 1. The topological polar surface area (TPSA) is 96.9 Å². The van der Waals surface area contributed by atoms with E-state index in [0.717, 1.165) is 0 Å². The van der Waals surface area contributed by atoms with E-state index in [2.05, 4.69) is 0 Å². The van der Waals surface area contributed by atoms with Gasteiger partial charge in [-0.1, -0.05) is 0 Å². The van der Waals surface area contributed by atoms with Crippen LogP contribution in [-0.2, 0) is 4.79 Å². The molecule has 0 aromatic carbocycles. The zero-order valence-corrected chi connectivity index (χ0v) is 5.05. The normalized spacial score (nSPS) is 11.8. The van der Waals surface area contributed by atoms with Crippen LogP contribution in [0, 0.1) is 0 Å². The van der Waals surface area contributed by atoms with Crippen molar-refractivity contribution in [1.82, 2.24) is 6.15 Å². The van der Waals surface area contributed by atoms with Gasteiger partial charge in [0.2, 0.25) is 0 Å². The Labute approximate surface area is 47.7 Å². The van der Waals surface area contributed by atoms with Crippen LogP contribution in [0.15, 0.2) is 0 Å². The molecule has 0 aliphatic rings. The number of aliphatic hydroxyl groups excluding tert-OH is 1. The van der Waals surface area contributed by atoms with Gasteiger partial charge in [-0.25, -0.2) is 0 Å². The first-order chi connectivity index (χ1) is 3.13. The summed E-state index contributed by atoms with van der Waals surface area (Å²) in [5.74, 6) is -1.21. The molecule has 8 heavy (non-hydrogen) atoms. The third-order valence-corrected chi connectivity index (χ3v) is 0.462. The molecule has 0 aromatic heterocycles. The SMILES string of the molecule is CC(O)CC(=O)[O-].[NH4+]. The predicted octanol–water partition coefficient (Wildman–Crippen LogP) is -1.12. The minimum atomic E-state index is -1.21. The Balaban J connectivity index is 0. The van der Waals surface area contributed by atoms with Crippen LogP contribution in [-0.4, -0.2) is 17.2 Å². The van der Waals surface area contributed by atoms with Crippen molar-refractivity contribution in [2.45, 2.75) is 19.4 Å². The van der Waals surface area contributed by atoms with E-state index >= 15 is 0 Å². The Bertz CT molecular complexity index is 71.7. The van der Waals surface area contributed by atoms with Crippen LogP contribution in [0.5, 0.6) is 0 Å². The third kappa shape index (κ3) is 9.04. The molecule has 50 valence electrons. The summed E-state index contributed by atoms with van der Waals surface area (Å²) < 4.78 is 0. The second kappa shape index (κ2) is 4.55. The number of rotatable bonds is 2. The largest absolute Gasteiger partial charge is 0.550 e. The molecule has 5 N–H and O–H groups in total. The molecule has 0 radical (unpaired) electrons. The van der Waals surface area contributed by atoms with Crippen LogP contribution < -0.4 is 11.3 Å². The van der Waals surface area contributed by atoms with Gasteiger partial charge in [0.15, 0.2) is 0 Å². The lowest BCUT2D eigenvalue weighted by Crippen LogP contribution is -2.25. The first-order valence-corrected chi connectivity index (χ1v) is 2.01. The summed E-state index contributed by atoms with van der Waals surface area (Å²) in [6, 6.07) is 0. The summed E-state index contributed by atoms with van der Waals surface area (Å²) in [6.07, 6.45) is -1.06. The molecular weight excluding hydrogens is 110 g/mol. The molecule has 4 heteroatoms. The van der Waals surface area contributed by atoms with Crippen molar-refractivity contribution < 1.29 is 15.0 Å². The number of hydrogen-bond donors (Lipinski definition) is 2. The van der Waals surface area contributed by atoms with E-state index in [4.69, 9.17) is 5.11 Å². The number of aliphatic carboxylic acids is 1. The number of carboxylic acid groups (broad SMARTS) is 1. The summed E-state index contributed by atoms with van der Waals surface area (Å²) in [6.45, 7) is 1.40. The number of hydrogen-bond acceptors (Lipinski definition) is 3. The molecule has 1 atom stereocenters. The van der Waals surface area contributed by atoms with Crippen molar-refractivity contribution >= 4 is 5.97 Å². The predicted molar refractivity (Wildman–Crippen MR) is 27.3 cm³/mol. The lowest BCUT2D eigenvalue weighted by molar-refractivity contribution is -0.307. The first kappa shape index (κ1) is 10.4. The molecule has 0 saturated carbocycles.